The van der Waals surface area contributed by atoms with Gasteiger partial charge in [-0.2, -0.15) is 18.4 Å². The zero-order valence-electron chi connectivity index (χ0n) is 17.7. The summed E-state index contributed by atoms with van der Waals surface area (Å²) >= 11 is 0. The van der Waals surface area contributed by atoms with E-state index in [1.165, 1.54) is 6.07 Å². The molecule has 0 aliphatic carbocycles. The van der Waals surface area contributed by atoms with E-state index in [0.717, 1.165) is 29.0 Å². The zero-order valence-corrected chi connectivity index (χ0v) is 17.7. The maximum Gasteiger partial charge on any atom is 0.417 e. The van der Waals surface area contributed by atoms with Crippen LogP contribution in [0.4, 0.5) is 23.4 Å². The molecule has 0 saturated carbocycles. The number of allylic oxidation sites excluding steroid dienone is 1. The second-order valence-electron chi connectivity index (χ2n) is 7.61. The summed E-state index contributed by atoms with van der Waals surface area (Å²) in [6, 6.07) is 11.1. The van der Waals surface area contributed by atoms with Gasteiger partial charge in [-0.15, -0.1) is 0 Å². The fraction of sp³-hybridized carbons (Fsp3) is 0.333. The predicted molar refractivity (Wildman–Crippen MR) is 117 cm³/mol. The molecule has 0 radical (unpaired) electrons. The number of rotatable bonds is 6. The van der Waals surface area contributed by atoms with E-state index in [-0.39, 0.29) is 0 Å². The molecule has 32 heavy (non-hydrogen) atoms. The van der Waals surface area contributed by atoms with Crippen molar-refractivity contribution >= 4 is 11.4 Å². The molecule has 1 fully saturated rings. The number of hydrogen-bond acceptors (Lipinski definition) is 4. The Kier molecular flexibility index (Phi) is 7.31. The number of alkyl halides is 4. The van der Waals surface area contributed by atoms with Gasteiger partial charge in [-0.3, -0.25) is 4.90 Å². The first-order valence-corrected chi connectivity index (χ1v) is 10.2. The van der Waals surface area contributed by atoms with E-state index in [4.69, 9.17) is 5.26 Å². The van der Waals surface area contributed by atoms with E-state index in [1.807, 2.05) is 34.9 Å². The van der Waals surface area contributed by atoms with Gasteiger partial charge in [0.05, 0.1) is 23.2 Å². The Balaban J connectivity index is 1.68. The SMILES string of the molecule is C=C(/C(=C\C)CN1CCN(c2ccc(C(F)(F)F)cn2)CC1CF)c1ccc(C#N)cc1. The van der Waals surface area contributed by atoms with Gasteiger partial charge in [0.2, 0.25) is 0 Å². The van der Waals surface area contributed by atoms with Gasteiger partial charge in [-0.1, -0.05) is 24.8 Å². The highest BCUT2D eigenvalue weighted by atomic mass is 19.4. The normalized spacial score (nSPS) is 17.8. The van der Waals surface area contributed by atoms with E-state index in [2.05, 4.69) is 17.6 Å². The van der Waals surface area contributed by atoms with Gasteiger partial charge >= 0.3 is 6.18 Å². The van der Waals surface area contributed by atoms with Gasteiger partial charge in [0, 0.05) is 32.4 Å². The number of pyridine rings is 1. The smallest absolute Gasteiger partial charge is 0.354 e. The van der Waals surface area contributed by atoms with Crippen LogP contribution in [-0.2, 0) is 6.18 Å². The number of nitrogens with zero attached hydrogens (tertiary/aromatic N) is 4. The predicted octanol–water partition coefficient (Wildman–Crippen LogP) is 5.09. The summed E-state index contributed by atoms with van der Waals surface area (Å²) < 4.78 is 52.2. The molecule has 1 unspecified atom stereocenters. The highest BCUT2D eigenvalue weighted by Crippen LogP contribution is 2.30. The molecule has 1 aromatic heterocycles. The number of aromatic nitrogens is 1. The van der Waals surface area contributed by atoms with Crippen LogP contribution < -0.4 is 4.90 Å². The molecule has 1 saturated heterocycles. The lowest BCUT2D eigenvalue weighted by Crippen LogP contribution is -2.54. The van der Waals surface area contributed by atoms with Crippen LogP contribution in [0.2, 0.25) is 0 Å². The summed E-state index contributed by atoms with van der Waals surface area (Å²) in [6.45, 7) is 7.38. The van der Waals surface area contributed by atoms with Crippen molar-refractivity contribution in [2.45, 2.75) is 19.1 Å². The van der Waals surface area contributed by atoms with E-state index in [0.29, 0.717) is 37.6 Å². The first kappa shape index (κ1) is 23.5. The van der Waals surface area contributed by atoms with Crippen LogP contribution in [0, 0.1) is 11.3 Å². The van der Waals surface area contributed by atoms with Crippen molar-refractivity contribution in [2.75, 3.05) is 37.8 Å². The number of nitriles is 1. The minimum Gasteiger partial charge on any atom is -0.354 e. The fourth-order valence-corrected chi connectivity index (χ4v) is 3.71. The number of halogens is 4. The lowest BCUT2D eigenvalue weighted by Gasteiger charge is -2.41. The van der Waals surface area contributed by atoms with Crippen molar-refractivity contribution in [3.05, 3.63) is 77.5 Å². The molecule has 0 amide bonds. The lowest BCUT2D eigenvalue weighted by atomic mass is 9.97. The molecule has 0 bridgehead atoms. The number of benzene rings is 1. The Hall–Kier alpha value is -3.18. The summed E-state index contributed by atoms with van der Waals surface area (Å²) in [5.74, 6) is 0.407. The summed E-state index contributed by atoms with van der Waals surface area (Å²) in [4.78, 5) is 7.77. The van der Waals surface area contributed by atoms with Crippen molar-refractivity contribution in [3.8, 4) is 6.07 Å². The Morgan fingerprint density at radius 1 is 1.22 bits per heavy atom. The Morgan fingerprint density at radius 3 is 2.47 bits per heavy atom. The molecule has 1 aliphatic heterocycles. The van der Waals surface area contributed by atoms with Crippen molar-refractivity contribution < 1.29 is 17.6 Å². The summed E-state index contributed by atoms with van der Waals surface area (Å²) in [5.41, 5.74) is 2.41. The molecule has 8 heteroatoms. The number of anilines is 1. The molecular formula is C24H24F4N4. The second kappa shape index (κ2) is 9.96. The van der Waals surface area contributed by atoms with Crippen LogP contribution in [0.25, 0.3) is 5.57 Å². The second-order valence-corrected chi connectivity index (χ2v) is 7.61. The third-order valence-corrected chi connectivity index (χ3v) is 5.65. The molecule has 4 nitrogen and oxygen atoms in total. The largest absolute Gasteiger partial charge is 0.417 e. The fourth-order valence-electron chi connectivity index (χ4n) is 3.71. The Labute approximate surface area is 185 Å². The molecule has 1 aromatic carbocycles. The highest BCUT2D eigenvalue weighted by molar-refractivity contribution is 5.77. The van der Waals surface area contributed by atoms with E-state index in [9.17, 15) is 17.6 Å². The maximum absolute atomic E-state index is 13.9. The quantitative estimate of drug-likeness (QED) is 0.460. The third-order valence-electron chi connectivity index (χ3n) is 5.65. The van der Waals surface area contributed by atoms with Crippen LogP contribution in [0.15, 0.2) is 60.8 Å². The highest BCUT2D eigenvalue weighted by Gasteiger charge is 2.32. The van der Waals surface area contributed by atoms with E-state index >= 15 is 0 Å². The van der Waals surface area contributed by atoms with Gasteiger partial charge in [0.1, 0.15) is 12.5 Å². The topological polar surface area (TPSA) is 43.2 Å². The molecule has 2 aromatic rings. The average molecular weight is 444 g/mol. The van der Waals surface area contributed by atoms with Crippen molar-refractivity contribution in [2.24, 2.45) is 0 Å². The average Bonchev–Trinajstić information content (AvgIpc) is 2.81. The lowest BCUT2D eigenvalue weighted by molar-refractivity contribution is -0.137. The van der Waals surface area contributed by atoms with E-state index < -0.39 is 24.5 Å². The zero-order chi connectivity index (χ0) is 23.3. The van der Waals surface area contributed by atoms with Crippen molar-refractivity contribution in [1.82, 2.24) is 9.88 Å². The molecular weight excluding hydrogens is 420 g/mol. The van der Waals surface area contributed by atoms with Crippen LogP contribution >= 0.6 is 0 Å². The Bertz CT molecular complexity index is 1000. The monoisotopic (exact) mass is 444 g/mol. The minimum absolute atomic E-state index is 0.329. The molecule has 1 aliphatic rings. The van der Waals surface area contributed by atoms with Crippen LogP contribution in [0.3, 0.4) is 0 Å². The van der Waals surface area contributed by atoms with Gasteiger partial charge in [-0.25, -0.2) is 9.37 Å². The third kappa shape index (κ3) is 5.35. The van der Waals surface area contributed by atoms with Crippen LogP contribution in [-0.4, -0.2) is 48.8 Å². The first-order chi connectivity index (χ1) is 15.3. The molecule has 3 rings (SSSR count). The molecule has 0 N–H and O–H groups in total. The Morgan fingerprint density at radius 2 is 1.94 bits per heavy atom. The van der Waals surface area contributed by atoms with E-state index in [1.54, 1.807) is 12.1 Å². The van der Waals surface area contributed by atoms with Crippen molar-refractivity contribution in [3.63, 3.8) is 0 Å². The molecule has 168 valence electrons. The van der Waals surface area contributed by atoms with Gasteiger partial charge in [0.25, 0.3) is 0 Å². The number of hydrogen-bond donors (Lipinski definition) is 0. The molecule has 0 spiro atoms. The molecule has 2 heterocycles. The maximum atomic E-state index is 13.9. The van der Waals surface area contributed by atoms with Gasteiger partial charge < -0.3 is 4.90 Å². The summed E-state index contributed by atoms with van der Waals surface area (Å²) in [6.07, 6.45) is -1.68. The standard InChI is InChI=1S/C24H24F4N4/c1-3-19(17(2)20-6-4-18(13-29)5-7-20)15-31-10-11-32(16-22(31)12-25)23-9-8-21(14-30-23)24(26,27)28/h3-9,14,22H,2,10-12,15-16H2,1H3/b19-3-. The summed E-state index contributed by atoms with van der Waals surface area (Å²) in [7, 11) is 0. The van der Waals surface area contributed by atoms with Gasteiger partial charge in [-0.05, 0) is 47.9 Å². The molecule has 1 atom stereocenters. The van der Waals surface area contributed by atoms with Crippen LogP contribution in [0.5, 0.6) is 0 Å². The minimum atomic E-state index is -4.44. The number of piperazine rings is 1. The van der Waals surface area contributed by atoms with Gasteiger partial charge in [0.15, 0.2) is 0 Å². The summed E-state index contributed by atoms with van der Waals surface area (Å²) in [5, 5.41) is 8.96. The van der Waals surface area contributed by atoms with Crippen molar-refractivity contribution in [1.29, 1.82) is 5.26 Å². The van der Waals surface area contributed by atoms with Crippen LogP contribution in [0.1, 0.15) is 23.6 Å². The first-order valence-electron chi connectivity index (χ1n) is 10.2.